The number of carbonyl (C=O) groups is 1. The molecule has 2 aromatic carbocycles. The van der Waals surface area contributed by atoms with Crippen LogP contribution in [0.25, 0.3) is 5.69 Å². The lowest BCUT2D eigenvalue weighted by molar-refractivity contribution is 0.0917. The number of carbonyl (C=O) groups excluding carboxylic acids is 1. The van der Waals surface area contributed by atoms with Gasteiger partial charge in [0.15, 0.2) is 0 Å². The summed E-state index contributed by atoms with van der Waals surface area (Å²) in [5.41, 5.74) is 2.33. The van der Waals surface area contributed by atoms with Crippen molar-refractivity contribution in [3.05, 3.63) is 84.2 Å². The SMILES string of the molecule is CC(CC(O)c1ccccc1)NC(=O)c1ccc(-n2cccn2)cc1. The van der Waals surface area contributed by atoms with Gasteiger partial charge in [-0.2, -0.15) is 5.10 Å². The molecule has 0 saturated heterocycles. The van der Waals surface area contributed by atoms with Crippen molar-refractivity contribution in [2.45, 2.75) is 25.5 Å². The number of amides is 1. The minimum Gasteiger partial charge on any atom is -0.388 e. The molecule has 3 aromatic rings. The molecular formula is C20H21N3O2. The van der Waals surface area contributed by atoms with Crippen molar-refractivity contribution in [2.24, 2.45) is 0 Å². The molecule has 3 rings (SSSR count). The van der Waals surface area contributed by atoms with E-state index in [0.717, 1.165) is 11.3 Å². The Morgan fingerprint density at radius 1 is 1.12 bits per heavy atom. The first-order chi connectivity index (χ1) is 12.1. The van der Waals surface area contributed by atoms with Crippen LogP contribution in [0, 0.1) is 0 Å². The van der Waals surface area contributed by atoms with Crippen LogP contribution < -0.4 is 5.32 Å². The average Bonchev–Trinajstić information content (AvgIpc) is 3.17. The van der Waals surface area contributed by atoms with Gasteiger partial charge in [-0.3, -0.25) is 4.79 Å². The number of aromatic nitrogens is 2. The van der Waals surface area contributed by atoms with Gasteiger partial charge < -0.3 is 10.4 Å². The van der Waals surface area contributed by atoms with E-state index in [0.29, 0.717) is 12.0 Å². The molecule has 1 heterocycles. The van der Waals surface area contributed by atoms with Gasteiger partial charge in [0.2, 0.25) is 0 Å². The van der Waals surface area contributed by atoms with Crippen LogP contribution in [-0.4, -0.2) is 26.8 Å². The molecule has 128 valence electrons. The fraction of sp³-hybridized carbons (Fsp3) is 0.200. The molecule has 2 N–H and O–H groups in total. The third kappa shape index (κ3) is 4.33. The topological polar surface area (TPSA) is 67.2 Å². The highest BCUT2D eigenvalue weighted by molar-refractivity contribution is 5.94. The standard InChI is InChI=1S/C20H21N3O2/c1-15(14-19(24)16-6-3-2-4-7-16)22-20(25)17-8-10-18(11-9-17)23-13-5-12-21-23/h2-13,15,19,24H,14H2,1H3,(H,22,25). The van der Waals surface area contributed by atoms with Crippen LogP contribution in [0.1, 0.15) is 35.4 Å². The fourth-order valence-electron chi connectivity index (χ4n) is 2.70. The van der Waals surface area contributed by atoms with E-state index in [-0.39, 0.29) is 11.9 Å². The number of hydrogen-bond donors (Lipinski definition) is 2. The summed E-state index contributed by atoms with van der Waals surface area (Å²) in [6.07, 6.45) is 3.42. The van der Waals surface area contributed by atoms with E-state index in [1.54, 1.807) is 23.0 Å². The monoisotopic (exact) mass is 335 g/mol. The number of rotatable bonds is 6. The number of aliphatic hydroxyl groups excluding tert-OH is 1. The lowest BCUT2D eigenvalue weighted by Gasteiger charge is -2.18. The molecule has 5 heteroatoms. The maximum absolute atomic E-state index is 12.4. The fourth-order valence-corrected chi connectivity index (χ4v) is 2.70. The van der Waals surface area contributed by atoms with Gasteiger partial charge in [0.1, 0.15) is 0 Å². The van der Waals surface area contributed by atoms with E-state index >= 15 is 0 Å². The molecule has 5 nitrogen and oxygen atoms in total. The first kappa shape index (κ1) is 16.9. The number of hydrogen-bond acceptors (Lipinski definition) is 3. The smallest absolute Gasteiger partial charge is 0.251 e. The van der Waals surface area contributed by atoms with E-state index in [9.17, 15) is 9.90 Å². The summed E-state index contributed by atoms with van der Waals surface area (Å²) in [4.78, 5) is 12.4. The highest BCUT2D eigenvalue weighted by Gasteiger charge is 2.15. The summed E-state index contributed by atoms with van der Waals surface area (Å²) in [5.74, 6) is -0.153. The Hall–Kier alpha value is -2.92. The van der Waals surface area contributed by atoms with Gasteiger partial charge in [0.25, 0.3) is 5.91 Å². The van der Waals surface area contributed by atoms with E-state index in [4.69, 9.17) is 0 Å². The molecule has 0 bridgehead atoms. The van der Waals surface area contributed by atoms with Crippen LogP contribution in [0.5, 0.6) is 0 Å². The number of aliphatic hydroxyl groups is 1. The highest BCUT2D eigenvalue weighted by Crippen LogP contribution is 2.18. The second-order valence-electron chi connectivity index (χ2n) is 6.03. The second kappa shape index (κ2) is 7.77. The van der Waals surface area contributed by atoms with Crippen LogP contribution in [0.4, 0.5) is 0 Å². The lowest BCUT2D eigenvalue weighted by Crippen LogP contribution is -2.33. The first-order valence-corrected chi connectivity index (χ1v) is 8.27. The molecule has 25 heavy (non-hydrogen) atoms. The van der Waals surface area contributed by atoms with Crippen molar-refractivity contribution in [3.63, 3.8) is 0 Å². The summed E-state index contributed by atoms with van der Waals surface area (Å²) in [5, 5.41) is 17.3. The minimum absolute atomic E-state index is 0.145. The zero-order valence-electron chi connectivity index (χ0n) is 14.0. The zero-order valence-corrected chi connectivity index (χ0v) is 14.0. The van der Waals surface area contributed by atoms with Crippen molar-refractivity contribution in [1.29, 1.82) is 0 Å². The van der Waals surface area contributed by atoms with Gasteiger partial charge in [-0.05, 0) is 49.2 Å². The predicted octanol–water partition coefficient (Wildman–Crippen LogP) is 3.11. The molecule has 0 aliphatic heterocycles. The molecular weight excluding hydrogens is 314 g/mol. The van der Waals surface area contributed by atoms with Crippen LogP contribution in [0.15, 0.2) is 73.1 Å². The highest BCUT2D eigenvalue weighted by atomic mass is 16.3. The molecule has 0 aliphatic rings. The first-order valence-electron chi connectivity index (χ1n) is 8.27. The average molecular weight is 335 g/mol. The molecule has 1 amide bonds. The quantitative estimate of drug-likeness (QED) is 0.727. The number of benzene rings is 2. The maximum Gasteiger partial charge on any atom is 0.251 e. The molecule has 0 spiro atoms. The Morgan fingerprint density at radius 2 is 1.84 bits per heavy atom. The summed E-state index contributed by atoms with van der Waals surface area (Å²) in [6, 6.07) is 18.4. The van der Waals surface area contributed by atoms with Crippen LogP contribution in [0.2, 0.25) is 0 Å². The molecule has 2 atom stereocenters. The lowest BCUT2D eigenvalue weighted by atomic mass is 10.0. The van der Waals surface area contributed by atoms with Gasteiger partial charge in [0.05, 0.1) is 11.8 Å². The number of nitrogens with zero attached hydrogens (tertiary/aromatic N) is 2. The summed E-state index contributed by atoms with van der Waals surface area (Å²) >= 11 is 0. The molecule has 2 unspecified atom stereocenters. The third-order valence-corrected chi connectivity index (χ3v) is 4.04. The third-order valence-electron chi connectivity index (χ3n) is 4.04. The molecule has 1 aromatic heterocycles. The number of nitrogens with one attached hydrogen (secondary N) is 1. The van der Waals surface area contributed by atoms with E-state index < -0.39 is 6.10 Å². The zero-order chi connectivity index (χ0) is 17.6. The Kier molecular flexibility index (Phi) is 5.26. The summed E-state index contributed by atoms with van der Waals surface area (Å²) in [7, 11) is 0. The molecule has 0 aliphatic carbocycles. The Morgan fingerprint density at radius 3 is 2.48 bits per heavy atom. The Bertz CT molecular complexity index is 799. The van der Waals surface area contributed by atoms with Crippen LogP contribution >= 0.6 is 0 Å². The Balaban J connectivity index is 1.58. The predicted molar refractivity (Wildman–Crippen MR) is 96.5 cm³/mol. The summed E-state index contributed by atoms with van der Waals surface area (Å²) < 4.78 is 1.74. The van der Waals surface area contributed by atoms with E-state index in [1.165, 1.54) is 0 Å². The van der Waals surface area contributed by atoms with E-state index in [1.807, 2.05) is 61.7 Å². The maximum atomic E-state index is 12.4. The van der Waals surface area contributed by atoms with Crippen molar-refractivity contribution in [3.8, 4) is 5.69 Å². The largest absolute Gasteiger partial charge is 0.388 e. The molecule has 0 fully saturated rings. The van der Waals surface area contributed by atoms with Gasteiger partial charge in [-0.15, -0.1) is 0 Å². The van der Waals surface area contributed by atoms with Crippen molar-refractivity contribution in [1.82, 2.24) is 15.1 Å². The van der Waals surface area contributed by atoms with Gasteiger partial charge in [-0.25, -0.2) is 4.68 Å². The summed E-state index contributed by atoms with van der Waals surface area (Å²) in [6.45, 7) is 1.89. The Labute approximate surface area is 146 Å². The van der Waals surface area contributed by atoms with Crippen molar-refractivity contribution >= 4 is 5.91 Å². The second-order valence-corrected chi connectivity index (χ2v) is 6.03. The van der Waals surface area contributed by atoms with E-state index in [2.05, 4.69) is 10.4 Å². The van der Waals surface area contributed by atoms with Gasteiger partial charge in [0, 0.05) is 24.0 Å². The normalized spacial score (nSPS) is 13.2. The van der Waals surface area contributed by atoms with Gasteiger partial charge >= 0.3 is 0 Å². The minimum atomic E-state index is -0.598. The molecule has 0 radical (unpaired) electrons. The van der Waals surface area contributed by atoms with Gasteiger partial charge in [-0.1, -0.05) is 30.3 Å². The molecule has 0 saturated carbocycles. The van der Waals surface area contributed by atoms with Crippen molar-refractivity contribution < 1.29 is 9.90 Å². The van der Waals surface area contributed by atoms with Crippen molar-refractivity contribution in [2.75, 3.05) is 0 Å². The van der Waals surface area contributed by atoms with Crippen LogP contribution in [0.3, 0.4) is 0 Å². The van der Waals surface area contributed by atoms with Crippen LogP contribution in [-0.2, 0) is 0 Å².